The number of hydrogen-bond acceptors (Lipinski definition) is 6. The maximum absolute atomic E-state index is 13.0. The van der Waals surface area contributed by atoms with Gasteiger partial charge in [0.2, 0.25) is 0 Å². The second kappa shape index (κ2) is 8.40. The molecular weight excluding hydrogens is 470 g/mol. The van der Waals surface area contributed by atoms with Gasteiger partial charge in [0.05, 0.1) is 23.3 Å². The first-order valence-corrected chi connectivity index (χ1v) is 10.4. The molecule has 34 heavy (non-hydrogen) atoms. The van der Waals surface area contributed by atoms with Crippen molar-refractivity contribution in [1.29, 1.82) is 5.26 Å². The van der Waals surface area contributed by atoms with Crippen molar-refractivity contribution < 1.29 is 23.0 Å². The summed E-state index contributed by atoms with van der Waals surface area (Å²) in [6.45, 7) is 1.47. The summed E-state index contributed by atoms with van der Waals surface area (Å²) in [5.41, 5.74) is -0.342. The fourth-order valence-electron chi connectivity index (χ4n) is 3.78. The lowest BCUT2D eigenvalue weighted by Gasteiger charge is -2.16. The number of H-pyrrole nitrogens is 1. The molecule has 0 saturated carbocycles. The molecule has 0 aliphatic carbocycles. The molecule has 12 heteroatoms. The number of carbonyl (C=O) groups is 1. The van der Waals surface area contributed by atoms with Crippen molar-refractivity contribution in [2.24, 2.45) is 0 Å². The van der Waals surface area contributed by atoms with Crippen LogP contribution in [0.4, 0.5) is 14.5 Å². The van der Waals surface area contributed by atoms with Crippen LogP contribution in [-0.4, -0.2) is 37.8 Å². The quantitative estimate of drug-likeness (QED) is 0.409. The van der Waals surface area contributed by atoms with Crippen LogP contribution in [0, 0.1) is 11.3 Å². The summed E-state index contributed by atoms with van der Waals surface area (Å²) in [5, 5.41) is 18.7. The van der Waals surface area contributed by atoms with Gasteiger partial charge < -0.3 is 19.4 Å². The number of nitriles is 1. The van der Waals surface area contributed by atoms with E-state index in [9.17, 15) is 13.6 Å². The Labute approximate surface area is 195 Å². The molecule has 0 fully saturated rings. The summed E-state index contributed by atoms with van der Waals surface area (Å²) >= 11 is 4.77. The van der Waals surface area contributed by atoms with Gasteiger partial charge in [0, 0.05) is 41.0 Å². The Kier molecular flexibility index (Phi) is 5.39. The number of imidazole rings is 1. The van der Waals surface area contributed by atoms with Gasteiger partial charge in [-0.2, -0.15) is 10.4 Å². The molecule has 1 aliphatic rings. The lowest BCUT2D eigenvalue weighted by Crippen LogP contribution is -2.17. The van der Waals surface area contributed by atoms with Crippen molar-refractivity contribution in [2.75, 3.05) is 11.9 Å². The standard InChI is InChI=1S/C22H15ClF2N6O3/c23-22(24,25)34-15-3-1-13(2-4-15)27-21(32)12-7-16(17-9-14(10-26)29-30-17)20-18(8-12)28-19-11-33-6-5-31(19)20/h1-4,7-9H,5-6,11H2,(H,27,32)(H,29,30). The van der Waals surface area contributed by atoms with Gasteiger partial charge in [-0.25, -0.2) is 4.98 Å². The molecule has 1 aliphatic heterocycles. The number of aromatic nitrogens is 4. The number of fused-ring (bicyclic) bond motifs is 3. The lowest BCUT2D eigenvalue weighted by molar-refractivity contribution is -0.0964. The number of benzene rings is 2. The summed E-state index contributed by atoms with van der Waals surface area (Å²) in [7, 11) is 0. The highest BCUT2D eigenvalue weighted by Crippen LogP contribution is 2.32. The first-order chi connectivity index (χ1) is 16.3. The lowest BCUT2D eigenvalue weighted by atomic mass is 10.0. The van der Waals surface area contributed by atoms with E-state index >= 15 is 0 Å². The van der Waals surface area contributed by atoms with Crippen LogP contribution in [-0.2, 0) is 17.9 Å². The van der Waals surface area contributed by atoms with E-state index in [-0.39, 0.29) is 11.4 Å². The number of alkyl halides is 3. The summed E-state index contributed by atoms with van der Waals surface area (Å²) in [4.78, 5) is 17.7. The maximum Gasteiger partial charge on any atom is 0.487 e. The minimum Gasteiger partial charge on any atom is -0.420 e. The predicted octanol–water partition coefficient (Wildman–Crippen LogP) is 4.25. The summed E-state index contributed by atoms with van der Waals surface area (Å²) in [6, 6.07) is 12.3. The van der Waals surface area contributed by atoms with Gasteiger partial charge in [-0.05, 0) is 36.4 Å². The fraction of sp³-hybridized carbons (Fsp3) is 0.182. The van der Waals surface area contributed by atoms with Gasteiger partial charge in [0.15, 0.2) is 5.69 Å². The first-order valence-electron chi connectivity index (χ1n) is 10.0. The molecule has 0 radical (unpaired) electrons. The second-order valence-corrected chi connectivity index (χ2v) is 7.87. The number of nitrogens with zero attached hydrogens (tertiary/aromatic N) is 4. The average Bonchev–Trinajstić information content (AvgIpc) is 3.43. The van der Waals surface area contributed by atoms with Crippen LogP contribution in [0.25, 0.3) is 22.3 Å². The molecule has 2 aromatic heterocycles. The molecule has 3 heterocycles. The molecule has 2 aromatic carbocycles. The number of nitrogens with one attached hydrogen (secondary N) is 2. The molecule has 0 spiro atoms. The Hall–Kier alpha value is -4.01. The average molecular weight is 485 g/mol. The molecule has 0 bridgehead atoms. The van der Waals surface area contributed by atoms with Crippen LogP contribution in [0.15, 0.2) is 42.5 Å². The minimum absolute atomic E-state index is 0.153. The van der Waals surface area contributed by atoms with Crippen LogP contribution < -0.4 is 10.1 Å². The molecule has 5 rings (SSSR count). The predicted molar refractivity (Wildman–Crippen MR) is 118 cm³/mol. The van der Waals surface area contributed by atoms with Gasteiger partial charge in [0.25, 0.3) is 5.91 Å². The van der Waals surface area contributed by atoms with E-state index in [1.54, 1.807) is 18.2 Å². The van der Waals surface area contributed by atoms with E-state index in [0.717, 1.165) is 11.3 Å². The number of carbonyl (C=O) groups excluding carboxylic acids is 1. The van der Waals surface area contributed by atoms with E-state index in [1.807, 2.05) is 10.6 Å². The van der Waals surface area contributed by atoms with Gasteiger partial charge in [-0.15, -0.1) is 8.78 Å². The molecule has 0 unspecified atom stereocenters. The Morgan fingerprint density at radius 2 is 2.09 bits per heavy atom. The van der Waals surface area contributed by atoms with Gasteiger partial charge >= 0.3 is 5.57 Å². The van der Waals surface area contributed by atoms with Crippen LogP contribution in [0.3, 0.4) is 0 Å². The van der Waals surface area contributed by atoms with Crippen molar-refractivity contribution >= 4 is 34.2 Å². The van der Waals surface area contributed by atoms with Crippen molar-refractivity contribution in [3.05, 3.63) is 59.5 Å². The highest BCUT2D eigenvalue weighted by atomic mass is 35.5. The smallest absolute Gasteiger partial charge is 0.420 e. The van der Waals surface area contributed by atoms with Crippen molar-refractivity contribution in [2.45, 2.75) is 18.7 Å². The summed E-state index contributed by atoms with van der Waals surface area (Å²) < 4.78 is 37.4. The number of hydrogen-bond donors (Lipinski definition) is 2. The third-order valence-electron chi connectivity index (χ3n) is 5.20. The van der Waals surface area contributed by atoms with Gasteiger partial charge in [-0.1, -0.05) is 0 Å². The Bertz CT molecular complexity index is 1440. The highest BCUT2D eigenvalue weighted by Gasteiger charge is 2.27. The van der Waals surface area contributed by atoms with Crippen LogP contribution >= 0.6 is 11.6 Å². The van der Waals surface area contributed by atoms with Crippen molar-refractivity contribution in [3.63, 3.8) is 0 Å². The largest absolute Gasteiger partial charge is 0.487 e. The van der Waals surface area contributed by atoms with Crippen LogP contribution in [0.2, 0.25) is 0 Å². The fourth-order valence-corrected chi connectivity index (χ4v) is 3.87. The van der Waals surface area contributed by atoms with E-state index in [1.165, 1.54) is 24.3 Å². The van der Waals surface area contributed by atoms with E-state index < -0.39 is 11.5 Å². The molecule has 172 valence electrons. The Morgan fingerprint density at radius 3 is 2.79 bits per heavy atom. The topological polar surface area (TPSA) is 118 Å². The first kappa shape index (κ1) is 21.8. The molecule has 4 aromatic rings. The SMILES string of the molecule is N#Cc1cc(-c2cc(C(=O)Nc3ccc(OC(F)(F)Cl)cc3)cc3nc4n(c23)CCOC4)[nH]n1. The monoisotopic (exact) mass is 484 g/mol. The Morgan fingerprint density at radius 1 is 1.29 bits per heavy atom. The third-order valence-corrected chi connectivity index (χ3v) is 5.28. The highest BCUT2D eigenvalue weighted by molar-refractivity contribution is 6.20. The molecule has 0 atom stereocenters. The number of ether oxygens (including phenoxy) is 2. The Balaban J connectivity index is 1.51. The second-order valence-electron chi connectivity index (χ2n) is 7.43. The molecule has 9 nitrogen and oxygen atoms in total. The number of anilines is 1. The third kappa shape index (κ3) is 4.28. The normalized spacial score (nSPS) is 13.4. The van der Waals surface area contributed by atoms with Crippen molar-refractivity contribution in [1.82, 2.24) is 19.7 Å². The van der Waals surface area contributed by atoms with E-state index in [0.29, 0.717) is 47.8 Å². The number of halogens is 3. The minimum atomic E-state index is -3.83. The zero-order chi connectivity index (χ0) is 23.9. The molecule has 0 saturated heterocycles. The van der Waals surface area contributed by atoms with Crippen molar-refractivity contribution in [3.8, 4) is 23.1 Å². The number of amides is 1. The summed E-state index contributed by atoms with van der Waals surface area (Å²) in [5.74, 6) is 0.133. The molecule has 2 N–H and O–H groups in total. The van der Waals surface area contributed by atoms with E-state index in [4.69, 9.17) is 21.6 Å². The number of rotatable bonds is 5. The van der Waals surface area contributed by atoms with E-state index in [2.05, 4.69) is 25.2 Å². The van der Waals surface area contributed by atoms with Crippen LogP contribution in [0.5, 0.6) is 5.75 Å². The maximum atomic E-state index is 13.0. The van der Waals surface area contributed by atoms with Gasteiger partial charge in [-0.3, -0.25) is 9.89 Å². The zero-order valence-electron chi connectivity index (χ0n) is 17.3. The van der Waals surface area contributed by atoms with Crippen LogP contribution in [0.1, 0.15) is 21.9 Å². The molecular formula is C22H15ClF2N6O3. The summed E-state index contributed by atoms with van der Waals surface area (Å²) in [6.07, 6.45) is 0. The number of aromatic amines is 1. The zero-order valence-corrected chi connectivity index (χ0v) is 18.1. The molecule has 1 amide bonds. The van der Waals surface area contributed by atoms with Gasteiger partial charge in [0.1, 0.15) is 24.3 Å².